The highest BCUT2D eigenvalue weighted by Crippen LogP contribution is 2.52. The summed E-state index contributed by atoms with van der Waals surface area (Å²) in [5.74, 6) is -6.22. The fraction of sp³-hybridized carbons (Fsp3) is 0.519. The number of amides is 1. The molecule has 4 rings (SSSR count). The average Bonchev–Trinajstić information content (AvgIpc) is 2.83. The predicted octanol–water partition coefficient (Wildman–Crippen LogP) is -2.17. The number of phenols is 1. The Labute approximate surface area is 237 Å². The van der Waals surface area contributed by atoms with Gasteiger partial charge in [-0.25, -0.2) is 13.1 Å². The van der Waals surface area contributed by atoms with Gasteiger partial charge in [-0.05, 0) is 44.5 Å². The number of nitrogens with two attached hydrogens (primary N) is 1. The molecule has 3 aliphatic carbocycles. The third kappa shape index (κ3) is 4.82. The molecule has 0 radical (unpaired) electrons. The van der Waals surface area contributed by atoms with Crippen LogP contribution < -0.4 is 15.4 Å². The number of nitrogens with zero attached hydrogens (tertiary/aromatic N) is 2. The van der Waals surface area contributed by atoms with Crippen LogP contribution in [0.25, 0.3) is 0 Å². The number of carbonyl (C=O) groups excluding carboxylic acids is 5. The standard InChI is InChI=1S/C27H32N4O9S/c1-30(2)16-11-12(7-6-8-29-41(5,39)40)21(32)18-14(16)9-13-10-15-20(31(3)4)23(34)19(26(28)37)25(36)27(15,38)24(35)17(13)22(18)33/h11,13,15,17,19-20,29,32,38H,8-10H2,1-5H3,(H2,28,37)/t13-,15-,17?,19?,20-,27-/m0/s1. The van der Waals surface area contributed by atoms with Crippen molar-refractivity contribution in [3.05, 3.63) is 22.8 Å². The van der Waals surface area contributed by atoms with E-state index in [2.05, 4.69) is 16.6 Å². The summed E-state index contributed by atoms with van der Waals surface area (Å²) in [6.07, 6.45) is 1.01. The number of phenolic OH excluding ortho intramolecular Hbond substituents is 1. The van der Waals surface area contributed by atoms with Crippen molar-refractivity contribution in [1.29, 1.82) is 0 Å². The molecule has 220 valence electrons. The number of hydrogen-bond donors (Lipinski definition) is 4. The maximum atomic E-state index is 14.0. The molecular weight excluding hydrogens is 556 g/mol. The highest BCUT2D eigenvalue weighted by atomic mass is 32.2. The summed E-state index contributed by atoms with van der Waals surface area (Å²) in [6.45, 7) is -0.257. The summed E-state index contributed by atoms with van der Waals surface area (Å²) < 4.78 is 24.9. The van der Waals surface area contributed by atoms with Crippen molar-refractivity contribution in [3.8, 4) is 17.6 Å². The number of anilines is 1. The van der Waals surface area contributed by atoms with Gasteiger partial charge in [-0.3, -0.25) is 28.9 Å². The monoisotopic (exact) mass is 588 g/mol. The molecule has 0 heterocycles. The van der Waals surface area contributed by atoms with Gasteiger partial charge < -0.3 is 20.8 Å². The summed E-state index contributed by atoms with van der Waals surface area (Å²) in [6, 6.07) is 0.362. The van der Waals surface area contributed by atoms with Gasteiger partial charge in [0.15, 0.2) is 34.7 Å². The number of hydrogen-bond acceptors (Lipinski definition) is 11. The number of aromatic hydroxyl groups is 1. The van der Waals surface area contributed by atoms with E-state index in [0.717, 1.165) is 6.26 Å². The van der Waals surface area contributed by atoms with Gasteiger partial charge in [0.25, 0.3) is 0 Å². The number of likely N-dealkylation sites (N-methyl/N-ethyl adjacent to an activating group) is 1. The van der Waals surface area contributed by atoms with Crippen LogP contribution >= 0.6 is 0 Å². The molecule has 1 aromatic rings. The minimum absolute atomic E-state index is 0.00945. The van der Waals surface area contributed by atoms with E-state index in [0.29, 0.717) is 11.3 Å². The van der Waals surface area contributed by atoms with Gasteiger partial charge in [0.2, 0.25) is 15.9 Å². The first-order valence-electron chi connectivity index (χ1n) is 12.8. The average molecular weight is 589 g/mol. The topological polar surface area (TPSA) is 204 Å². The molecular formula is C27H32N4O9S. The molecule has 1 amide bonds. The van der Waals surface area contributed by atoms with Gasteiger partial charge in [-0.15, -0.1) is 0 Å². The zero-order valence-corrected chi connectivity index (χ0v) is 24.0. The summed E-state index contributed by atoms with van der Waals surface area (Å²) in [5.41, 5.74) is 3.29. The SMILES string of the molecule is CN(C)c1cc(C#CCNS(C)(=O)=O)c(O)c2c1C[C@H]1C[C@H]3[C@H](N(C)C)C(=O)C(C(N)=O)C(=O)[C@@]3(O)C(=O)C1C2=O. The number of ketones is 4. The lowest BCUT2D eigenvalue weighted by molar-refractivity contribution is -0.181. The molecule has 0 aromatic heterocycles. The number of carbonyl (C=O) groups is 5. The maximum Gasteiger partial charge on any atom is 0.235 e. The number of rotatable bonds is 5. The summed E-state index contributed by atoms with van der Waals surface area (Å²) in [4.78, 5) is 69.7. The minimum Gasteiger partial charge on any atom is -0.506 e. The zero-order valence-electron chi connectivity index (χ0n) is 23.2. The van der Waals surface area contributed by atoms with E-state index >= 15 is 0 Å². The first-order chi connectivity index (χ1) is 18.9. The molecule has 13 nitrogen and oxygen atoms in total. The number of benzene rings is 1. The van der Waals surface area contributed by atoms with Crippen molar-refractivity contribution >= 4 is 44.8 Å². The lowest BCUT2D eigenvalue weighted by Crippen LogP contribution is -2.74. The van der Waals surface area contributed by atoms with Crippen molar-refractivity contribution in [2.24, 2.45) is 29.4 Å². The van der Waals surface area contributed by atoms with Crippen LogP contribution in [0, 0.1) is 35.5 Å². The molecule has 14 heteroatoms. The number of nitrogens with one attached hydrogen (secondary N) is 1. The molecule has 0 bridgehead atoms. The molecule has 6 atom stereocenters. The Morgan fingerprint density at radius 2 is 1.80 bits per heavy atom. The number of primary amides is 1. The van der Waals surface area contributed by atoms with Crippen molar-refractivity contribution in [2.75, 3.05) is 45.9 Å². The van der Waals surface area contributed by atoms with Gasteiger partial charge >= 0.3 is 0 Å². The lowest BCUT2D eigenvalue weighted by atomic mass is 9.52. The fourth-order valence-corrected chi connectivity index (χ4v) is 6.79. The Kier molecular flexibility index (Phi) is 7.63. The van der Waals surface area contributed by atoms with E-state index in [9.17, 15) is 42.6 Å². The number of fused-ring (bicyclic) bond motifs is 3. The van der Waals surface area contributed by atoms with Crippen LogP contribution in [0.2, 0.25) is 0 Å². The quantitative estimate of drug-likeness (QED) is 0.215. The first kappa shape index (κ1) is 30.3. The molecule has 0 spiro atoms. The largest absolute Gasteiger partial charge is 0.506 e. The van der Waals surface area contributed by atoms with Crippen LogP contribution in [0.1, 0.15) is 27.9 Å². The van der Waals surface area contributed by atoms with E-state index in [1.807, 2.05) is 0 Å². The highest BCUT2D eigenvalue weighted by molar-refractivity contribution is 7.88. The third-order valence-electron chi connectivity index (χ3n) is 8.17. The van der Waals surface area contributed by atoms with Gasteiger partial charge in [-0.1, -0.05) is 11.8 Å². The summed E-state index contributed by atoms with van der Waals surface area (Å²) >= 11 is 0. The molecule has 2 saturated carbocycles. The van der Waals surface area contributed by atoms with Crippen molar-refractivity contribution < 1.29 is 42.6 Å². The molecule has 41 heavy (non-hydrogen) atoms. The molecule has 2 fully saturated rings. The Hall–Kier alpha value is -3.64. The van der Waals surface area contributed by atoms with Crippen molar-refractivity contribution in [2.45, 2.75) is 24.5 Å². The number of aliphatic hydroxyl groups is 1. The summed E-state index contributed by atoms with van der Waals surface area (Å²) in [7, 11) is 2.94. The molecule has 3 aliphatic rings. The second kappa shape index (κ2) is 10.3. The van der Waals surface area contributed by atoms with E-state index in [1.54, 1.807) is 25.1 Å². The summed E-state index contributed by atoms with van der Waals surface area (Å²) in [5, 5.41) is 22.8. The normalized spacial score (nSPS) is 29.3. The van der Waals surface area contributed by atoms with Crippen LogP contribution in [0.4, 0.5) is 5.69 Å². The van der Waals surface area contributed by atoms with Crippen LogP contribution in [0.5, 0.6) is 5.75 Å². The first-order valence-corrected chi connectivity index (χ1v) is 14.7. The number of sulfonamides is 1. The lowest BCUT2D eigenvalue weighted by Gasteiger charge is -2.52. The van der Waals surface area contributed by atoms with Gasteiger partial charge in [0.05, 0.1) is 35.9 Å². The highest BCUT2D eigenvalue weighted by Gasteiger charge is 2.69. The molecule has 1 aromatic carbocycles. The van der Waals surface area contributed by atoms with Crippen LogP contribution in [-0.4, -0.2) is 105 Å². The Morgan fingerprint density at radius 3 is 2.34 bits per heavy atom. The maximum absolute atomic E-state index is 14.0. The second-order valence-electron chi connectivity index (χ2n) is 11.2. The van der Waals surface area contributed by atoms with Crippen LogP contribution in [0.3, 0.4) is 0 Å². The second-order valence-corrected chi connectivity index (χ2v) is 13.1. The van der Waals surface area contributed by atoms with E-state index in [1.165, 1.54) is 19.0 Å². The Bertz CT molecular complexity index is 1560. The molecule has 5 N–H and O–H groups in total. The smallest absolute Gasteiger partial charge is 0.235 e. The molecule has 0 aliphatic heterocycles. The minimum atomic E-state index is -3.51. The van der Waals surface area contributed by atoms with E-state index in [-0.39, 0.29) is 30.5 Å². The van der Waals surface area contributed by atoms with Crippen molar-refractivity contribution in [3.63, 3.8) is 0 Å². The Morgan fingerprint density at radius 1 is 1.17 bits per heavy atom. The number of Topliss-reactive ketones (excluding diaryl/α,β-unsaturated/α-hetero) is 4. The third-order valence-corrected chi connectivity index (χ3v) is 8.83. The van der Waals surface area contributed by atoms with Gasteiger partial charge in [0.1, 0.15) is 5.75 Å². The van der Waals surface area contributed by atoms with Gasteiger partial charge in [-0.2, -0.15) is 0 Å². The van der Waals surface area contributed by atoms with Crippen molar-refractivity contribution in [1.82, 2.24) is 9.62 Å². The predicted molar refractivity (Wildman–Crippen MR) is 145 cm³/mol. The molecule has 0 saturated heterocycles. The zero-order chi connectivity index (χ0) is 30.8. The van der Waals surface area contributed by atoms with E-state index in [4.69, 9.17) is 5.73 Å². The van der Waals surface area contributed by atoms with Crippen LogP contribution in [-0.2, 0) is 35.6 Å². The fourth-order valence-electron chi connectivity index (χ4n) is 6.45. The van der Waals surface area contributed by atoms with Gasteiger partial charge in [0, 0.05) is 25.7 Å². The van der Waals surface area contributed by atoms with Crippen LogP contribution in [0.15, 0.2) is 6.07 Å². The Balaban J connectivity index is 1.85. The molecule has 2 unspecified atom stereocenters. The van der Waals surface area contributed by atoms with E-state index < -0.39 is 80.1 Å².